The van der Waals surface area contributed by atoms with Crippen LogP contribution in [0.2, 0.25) is 5.02 Å². The molecule has 3 saturated heterocycles. The number of aryl methyl sites for hydroxylation is 1. The number of nitrogens with zero attached hydrogens (tertiary/aromatic N) is 5. The third-order valence-corrected chi connectivity index (χ3v) is 9.29. The van der Waals surface area contributed by atoms with Crippen LogP contribution < -0.4 is 15.4 Å². The van der Waals surface area contributed by atoms with Crippen molar-refractivity contribution in [2.75, 3.05) is 50.5 Å². The Hall–Kier alpha value is -3.31. The Morgan fingerprint density at radius 3 is 2.83 bits per heavy atom. The van der Waals surface area contributed by atoms with Crippen molar-refractivity contribution in [1.29, 1.82) is 0 Å². The molecule has 0 saturated carbocycles. The summed E-state index contributed by atoms with van der Waals surface area (Å²) in [6.45, 7) is 4.33. The number of methoxy groups -OCH3 is 1. The van der Waals surface area contributed by atoms with Gasteiger partial charge in [0.15, 0.2) is 5.82 Å². The molecule has 3 aliphatic rings. The maximum atomic E-state index is 16.5. The van der Waals surface area contributed by atoms with E-state index in [1.165, 1.54) is 7.11 Å². The molecule has 2 N–H and O–H groups in total. The molecule has 224 valence electrons. The predicted molar refractivity (Wildman–Crippen MR) is 157 cm³/mol. The van der Waals surface area contributed by atoms with Crippen LogP contribution in [0.3, 0.4) is 0 Å². The van der Waals surface area contributed by atoms with Crippen molar-refractivity contribution >= 4 is 40.1 Å². The maximum Gasteiger partial charge on any atom is 0.319 e. The van der Waals surface area contributed by atoms with Gasteiger partial charge in [0.2, 0.25) is 0 Å². The van der Waals surface area contributed by atoms with Crippen molar-refractivity contribution in [2.45, 2.75) is 57.2 Å². The lowest BCUT2D eigenvalue weighted by Gasteiger charge is -2.31. The summed E-state index contributed by atoms with van der Waals surface area (Å²) in [5.41, 5.74) is 6.71. The highest BCUT2D eigenvalue weighted by Gasteiger charge is 2.49. The normalized spacial score (nSPS) is 24.5. The van der Waals surface area contributed by atoms with Gasteiger partial charge in [0.1, 0.15) is 29.9 Å². The molecule has 9 nitrogen and oxygen atoms in total. The van der Waals surface area contributed by atoms with E-state index < -0.39 is 17.5 Å². The van der Waals surface area contributed by atoms with Crippen LogP contribution in [-0.4, -0.2) is 77.4 Å². The molecule has 6 rings (SSSR count). The van der Waals surface area contributed by atoms with Crippen LogP contribution in [0.15, 0.2) is 18.2 Å². The zero-order chi connectivity index (χ0) is 29.6. The maximum absolute atomic E-state index is 16.5. The lowest BCUT2D eigenvalue weighted by molar-refractivity contribution is -0.145. The second kappa shape index (κ2) is 11.4. The summed E-state index contributed by atoms with van der Waals surface area (Å²) in [5.74, 6) is -0.399. The Kier molecular flexibility index (Phi) is 7.82. The number of hydrogen-bond donors (Lipinski definition) is 1. The molecule has 3 aromatic rings. The standard InChI is InChI=1S/C30H35ClF2N6O3/c1-17-6-7-22(34)35-25(17)23-21(31)13-20-26(24(23)33)36-29(42-16-30-9-4-11-39(30)15-19(32)14-30)37-27(20)38-10-3-5-18(8-12-38)28(40)41-2/h6-7,13,18-19H,3-5,8-12,14-16H2,1-2H3,(H2,34,35)/t18?,19-,30+/m1/s1. The van der Waals surface area contributed by atoms with Gasteiger partial charge in [-0.3, -0.25) is 9.69 Å². The fourth-order valence-corrected chi connectivity index (χ4v) is 7.12. The van der Waals surface area contributed by atoms with E-state index in [0.29, 0.717) is 61.4 Å². The van der Waals surface area contributed by atoms with Crippen LogP contribution >= 0.6 is 11.6 Å². The third-order valence-electron chi connectivity index (χ3n) is 8.99. The number of aromatic nitrogens is 3. The van der Waals surface area contributed by atoms with Gasteiger partial charge in [-0.15, -0.1) is 0 Å². The van der Waals surface area contributed by atoms with Gasteiger partial charge >= 0.3 is 12.0 Å². The van der Waals surface area contributed by atoms with Crippen LogP contribution in [0.5, 0.6) is 6.01 Å². The quantitative estimate of drug-likeness (QED) is 0.386. The number of rotatable bonds is 6. The summed E-state index contributed by atoms with van der Waals surface area (Å²) < 4.78 is 42.1. The van der Waals surface area contributed by atoms with E-state index in [0.717, 1.165) is 25.8 Å². The van der Waals surface area contributed by atoms with Crippen molar-refractivity contribution in [2.24, 2.45) is 5.92 Å². The number of halogens is 3. The van der Waals surface area contributed by atoms with Gasteiger partial charge in [-0.25, -0.2) is 13.8 Å². The van der Waals surface area contributed by atoms with Crippen LogP contribution in [0.1, 0.15) is 44.1 Å². The summed E-state index contributed by atoms with van der Waals surface area (Å²) in [6, 6.07) is 5.08. The summed E-state index contributed by atoms with van der Waals surface area (Å²) in [6.07, 6.45) is 3.24. The van der Waals surface area contributed by atoms with Gasteiger partial charge in [-0.1, -0.05) is 17.7 Å². The Labute approximate surface area is 248 Å². The number of carbonyl (C=O) groups is 1. The molecule has 3 atom stereocenters. The first-order valence-corrected chi connectivity index (χ1v) is 14.8. The Bertz CT molecular complexity index is 1530. The molecule has 0 aliphatic carbocycles. The Morgan fingerprint density at radius 1 is 1.19 bits per heavy atom. The van der Waals surface area contributed by atoms with Gasteiger partial charge in [-0.2, -0.15) is 9.97 Å². The summed E-state index contributed by atoms with van der Waals surface area (Å²) in [7, 11) is 1.40. The number of ether oxygens (including phenoxy) is 2. The summed E-state index contributed by atoms with van der Waals surface area (Å²) in [4.78, 5) is 30.1. The topological polar surface area (TPSA) is 107 Å². The molecule has 3 aliphatic heterocycles. The first kappa shape index (κ1) is 28.8. The zero-order valence-corrected chi connectivity index (χ0v) is 24.6. The van der Waals surface area contributed by atoms with E-state index in [1.54, 1.807) is 18.2 Å². The minimum absolute atomic E-state index is 0.0132. The van der Waals surface area contributed by atoms with Crippen LogP contribution in [0, 0.1) is 18.7 Å². The molecule has 0 spiro atoms. The average Bonchev–Trinajstić information content (AvgIpc) is 3.37. The molecule has 12 heteroatoms. The number of anilines is 2. The van der Waals surface area contributed by atoms with E-state index in [2.05, 4.69) is 14.9 Å². The Balaban J connectivity index is 1.44. The SMILES string of the molecule is COC(=O)C1CCCN(c2nc(OC[C@@]34CCCN3C[C@H](F)C4)nc3c(F)c(-c4nc(N)ccc4C)c(Cl)cc23)CC1. The van der Waals surface area contributed by atoms with Crippen LogP contribution in [0.4, 0.5) is 20.4 Å². The minimum atomic E-state index is -0.905. The molecule has 0 bridgehead atoms. The van der Waals surface area contributed by atoms with E-state index in [-0.39, 0.29) is 46.4 Å². The monoisotopic (exact) mass is 600 g/mol. The van der Waals surface area contributed by atoms with Gasteiger partial charge in [0.05, 0.1) is 34.8 Å². The van der Waals surface area contributed by atoms with Crippen molar-refractivity contribution in [3.05, 3.63) is 34.6 Å². The smallest absolute Gasteiger partial charge is 0.319 e. The van der Waals surface area contributed by atoms with E-state index in [4.69, 9.17) is 31.8 Å². The van der Waals surface area contributed by atoms with Crippen LogP contribution in [-0.2, 0) is 9.53 Å². The number of fused-ring (bicyclic) bond motifs is 2. The molecule has 0 amide bonds. The summed E-state index contributed by atoms with van der Waals surface area (Å²) in [5, 5.41) is 0.583. The molecule has 0 radical (unpaired) electrons. The predicted octanol–water partition coefficient (Wildman–Crippen LogP) is 5.11. The number of benzene rings is 1. The van der Waals surface area contributed by atoms with Crippen molar-refractivity contribution in [3.8, 4) is 17.3 Å². The van der Waals surface area contributed by atoms with Gasteiger partial charge in [0, 0.05) is 31.4 Å². The molecule has 42 heavy (non-hydrogen) atoms. The number of hydrogen-bond acceptors (Lipinski definition) is 9. The number of nitrogens with two attached hydrogens (primary N) is 1. The van der Waals surface area contributed by atoms with Crippen molar-refractivity contribution in [1.82, 2.24) is 19.9 Å². The summed E-state index contributed by atoms with van der Waals surface area (Å²) >= 11 is 6.73. The van der Waals surface area contributed by atoms with E-state index in [9.17, 15) is 9.18 Å². The number of esters is 1. The molecule has 2 aromatic heterocycles. The number of nitrogen functional groups attached to an aromatic ring is 1. The number of carbonyl (C=O) groups excluding carboxylic acids is 1. The second-order valence-corrected chi connectivity index (χ2v) is 12.1. The molecular weight excluding hydrogens is 566 g/mol. The highest BCUT2D eigenvalue weighted by atomic mass is 35.5. The minimum Gasteiger partial charge on any atom is -0.469 e. The first-order valence-electron chi connectivity index (χ1n) is 14.5. The third kappa shape index (κ3) is 5.21. The zero-order valence-electron chi connectivity index (χ0n) is 23.8. The van der Waals surface area contributed by atoms with Gasteiger partial charge < -0.3 is 20.1 Å². The molecule has 3 fully saturated rings. The number of pyridine rings is 1. The highest BCUT2D eigenvalue weighted by molar-refractivity contribution is 6.34. The highest BCUT2D eigenvalue weighted by Crippen LogP contribution is 2.42. The molecule has 1 aromatic carbocycles. The fourth-order valence-electron chi connectivity index (χ4n) is 6.84. The first-order chi connectivity index (χ1) is 20.2. The van der Waals surface area contributed by atoms with E-state index >= 15 is 4.39 Å². The van der Waals surface area contributed by atoms with Crippen molar-refractivity contribution in [3.63, 3.8) is 0 Å². The van der Waals surface area contributed by atoms with Gasteiger partial charge in [0.25, 0.3) is 0 Å². The fraction of sp³-hybridized carbons (Fsp3) is 0.533. The second-order valence-electron chi connectivity index (χ2n) is 11.7. The van der Waals surface area contributed by atoms with Crippen LogP contribution in [0.25, 0.3) is 22.2 Å². The van der Waals surface area contributed by atoms with Crippen molar-refractivity contribution < 1.29 is 23.0 Å². The molecular formula is C30H35ClF2N6O3. The molecule has 5 heterocycles. The largest absolute Gasteiger partial charge is 0.469 e. The average molecular weight is 601 g/mol. The Morgan fingerprint density at radius 2 is 2.02 bits per heavy atom. The lowest BCUT2D eigenvalue weighted by Crippen LogP contribution is -2.43. The van der Waals surface area contributed by atoms with Gasteiger partial charge in [-0.05, 0) is 63.3 Å². The lowest BCUT2D eigenvalue weighted by atomic mass is 9.95. The van der Waals surface area contributed by atoms with E-state index in [1.807, 2.05) is 11.8 Å². The molecule has 1 unspecified atom stereocenters. The number of alkyl halides is 1.